The second kappa shape index (κ2) is 6.71. The lowest BCUT2D eigenvalue weighted by Gasteiger charge is -2.21. The molecule has 1 fully saturated rings. The fourth-order valence-corrected chi connectivity index (χ4v) is 2.80. The Morgan fingerprint density at radius 3 is 2.52 bits per heavy atom. The number of hydroxylamine groups is 2. The van der Waals surface area contributed by atoms with E-state index in [9.17, 15) is 15.0 Å². The molecule has 5 heteroatoms. The minimum absolute atomic E-state index is 0.0797. The minimum Gasteiger partial charge on any atom is -0.508 e. The topological polar surface area (TPSA) is 70.0 Å². The molecule has 1 saturated heterocycles. The normalized spacial score (nSPS) is 15.6. The number of benzene rings is 2. The molecule has 1 aliphatic rings. The van der Waals surface area contributed by atoms with Crippen molar-refractivity contribution in [3.05, 3.63) is 59.7 Å². The van der Waals surface area contributed by atoms with Crippen molar-refractivity contribution in [3.63, 3.8) is 0 Å². The van der Waals surface area contributed by atoms with Crippen molar-refractivity contribution in [1.82, 2.24) is 5.06 Å². The first kappa shape index (κ1) is 15.4. The van der Waals surface area contributed by atoms with Gasteiger partial charge in [-0.3, -0.25) is 9.63 Å². The van der Waals surface area contributed by atoms with Gasteiger partial charge in [0.15, 0.2) is 0 Å². The fraction of sp³-hybridized carbons (Fsp3) is 0.278. The molecule has 120 valence electrons. The number of amides is 1. The van der Waals surface area contributed by atoms with E-state index in [1.54, 1.807) is 42.5 Å². The highest BCUT2D eigenvalue weighted by Crippen LogP contribution is 2.31. The van der Waals surface area contributed by atoms with E-state index in [0.717, 1.165) is 17.5 Å². The molecule has 23 heavy (non-hydrogen) atoms. The molecule has 0 radical (unpaired) electrons. The van der Waals surface area contributed by atoms with Gasteiger partial charge in [0.25, 0.3) is 0 Å². The molecule has 1 unspecified atom stereocenters. The number of nitrogens with zero attached hydrogens (tertiary/aromatic N) is 1. The van der Waals surface area contributed by atoms with Crippen LogP contribution in [-0.4, -0.2) is 34.3 Å². The molecule has 5 nitrogen and oxygen atoms in total. The maximum atomic E-state index is 12.4. The van der Waals surface area contributed by atoms with Crippen LogP contribution in [0.1, 0.15) is 29.9 Å². The minimum atomic E-state index is -0.209. The summed E-state index contributed by atoms with van der Waals surface area (Å²) in [5.41, 5.74) is 1.75. The molecular weight excluding hydrogens is 294 g/mol. The van der Waals surface area contributed by atoms with Crippen LogP contribution >= 0.6 is 0 Å². The van der Waals surface area contributed by atoms with E-state index in [2.05, 4.69) is 0 Å². The smallest absolute Gasteiger partial charge is 0.247 e. The first-order valence-electron chi connectivity index (χ1n) is 7.64. The molecule has 0 aromatic heterocycles. The third-order valence-corrected chi connectivity index (χ3v) is 3.98. The van der Waals surface area contributed by atoms with Gasteiger partial charge in [-0.15, -0.1) is 0 Å². The standard InChI is InChI=1S/C18H19NO4/c20-15-7-5-13(6-8-15)17(14-3-1-4-16(21)11-14)12-18(22)19-9-2-10-23-19/h1,3-8,11,17,20-21H,2,9-10,12H2. The molecule has 2 aromatic rings. The molecule has 3 rings (SSSR count). The first-order chi connectivity index (χ1) is 11.1. The maximum absolute atomic E-state index is 12.4. The lowest BCUT2D eigenvalue weighted by Crippen LogP contribution is -2.28. The third-order valence-electron chi connectivity index (χ3n) is 3.98. The average molecular weight is 313 g/mol. The predicted octanol–water partition coefficient (Wildman–Crippen LogP) is 2.78. The zero-order chi connectivity index (χ0) is 16.2. The van der Waals surface area contributed by atoms with Crippen molar-refractivity contribution in [2.24, 2.45) is 0 Å². The van der Waals surface area contributed by atoms with Gasteiger partial charge in [-0.05, 0) is 41.8 Å². The first-order valence-corrected chi connectivity index (χ1v) is 7.64. The van der Waals surface area contributed by atoms with Crippen molar-refractivity contribution >= 4 is 5.91 Å². The summed E-state index contributed by atoms with van der Waals surface area (Å²) in [4.78, 5) is 17.8. The molecule has 0 saturated carbocycles. The summed E-state index contributed by atoms with van der Waals surface area (Å²) in [7, 11) is 0. The molecular formula is C18H19NO4. The molecule has 0 spiro atoms. The van der Waals surface area contributed by atoms with Gasteiger partial charge in [0, 0.05) is 12.3 Å². The average Bonchev–Trinajstić information content (AvgIpc) is 3.08. The number of rotatable bonds is 4. The Morgan fingerprint density at radius 2 is 1.87 bits per heavy atom. The Hall–Kier alpha value is -2.53. The molecule has 1 atom stereocenters. The molecule has 1 amide bonds. The molecule has 1 aliphatic heterocycles. The van der Waals surface area contributed by atoms with Crippen molar-refractivity contribution in [3.8, 4) is 11.5 Å². The Morgan fingerprint density at radius 1 is 1.09 bits per heavy atom. The zero-order valence-electron chi connectivity index (χ0n) is 12.7. The van der Waals surface area contributed by atoms with Gasteiger partial charge in [0.05, 0.1) is 13.2 Å². The fourth-order valence-electron chi connectivity index (χ4n) is 2.80. The highest BCUT2D eigenvalue weighted by molar-refractivity contribution is 5.77. The summed E-state index contributed by atoms with van der Waals surface area (Å²) in [6, 6.07) is 13.7. The highest BCUT2D eigenvalue weighted by atomic mass is 16.7. The van der Waals surface area contributed by atoms with E-state index in [0.29, 0.717) is 13.2 Å². The second-order valence-electron chi connectivity index (χ2n) is 5.63. The summed E-state index contributed by atoms with van der Waals surface area (Å²) in [6.07, 6.45) is 1.09. The lowest BCUT2D eigenvalue weighted by atomic mass is 9.88. The Balaban J connectivity index is 1.89. The summed E-state index contributed by atoms with van der Waals surface area (Å²) < 4.78 is 0. The van der Waals surface area contributed by atoms with Crippen LogP contribution in [0.25, 0.3) is 0 Å². The van der Waals surface area contributed by atoms with Crippen molar-refractivity contribution in [2.75, 3.05) is 13.2 Å². The Labute approximate surface area is 134 Å². The summed E-state index contributed by atoms with van der Waals surface area (Å²) in [5, 5.41) is 20.6. The number of carbonyl (C=O) groups is 1. The largest absolute Gasteiger partial charge is 0.508 e. The Kier molecular flexibility index (Phi) is 4.48. The molecule has 2 aromatic carbocycles. The van der Waals surface area contributed by atoms with Crippen molar-refractivity contribution < 1.29 is 19.8 Å². The van der Waals surface area contributed by atoms with Crippen LogP contribution in [-0.2, 0) is 9.63 Å². The molecule has 0 aliphatic carbocycles. The van der Waals surface area contributed by atoms with Crippen molar-refractivity contribution in [2.45, 2.75) is 18.8 Å². The van der Waals surface area contributed by atoms with E-state index in [1.807, 2.05) is 6.07 Å². The van der Waals surface area contributed by atoms with Gasteiger partial charge in [-0.1, -0.05) is 24.3 Å². The van der Waals surface area contributed by atoms with E-state index in [4.69, 9.17) is 4.84 Å². The Bertz CT molecular complexity index is 678. The number of phenolic OH excluding ortho intramolecular Hbond substituents is 2. The number of hydrogen-bond acceptors (Lipinski definition) is 4. The van der Waals surface area contributed by atoms with Crippen molar-refractivity contribution in [1.29, 1.82) is 0 Å². The maximum Gasteiger partial charge on any atom is 0.247 e. The second-order valence-corrected chi connectivity index (χ2v) is 5.63. The van der Waals surface area contributed by atoms with E-state index >= 15 is 0 Å². The quantitative estimate of drug-likeness (QED) is 0.910. The summed E-state index contributed by atoms with van der Waals surface area (Å²) in [6.45, 7) is 1.18. The van der Waals surface area contributed by atoms with Gasteiger partial charge >= 0.3 is 0 Å². The monoisotopic (exact) mass is 313 g/mol. The van der Waals surface area contributed by atoms with Gasteiger partial charge in [0.1, 0.15) is 11.5 Å². The van der Waals surface area contributed by atoms with E-state index in [-0.39, 0.29) is 29.7 Å². The van der Waals surface area contributed by atoms with Gasteiger partial charge in [-0.2, -0.15) is 0 Å². The third kappa shape index (κ3) is 3.63. The summed E-state index contributed by atoms with van der Waals surface area (Å²) in [5.74, 6) is 0.0529. The zero-order valence-corrected chi connectivity index (χ0v) is 12.7. The number of carbonyl (C=O) groups excluding carboxylic acids is 1. The molecule has 2 N–H and O–H groups in total. The number of aromatic hydroxyl groups is 2. The van der Waals surface area contributed by atoms with Crippen LogP contribution in [0.5, 0.6) is 11.5 Å². The summed E-state index contributed by atoms with van der Waals surface area (Å²) >= 11 is 0. The van der Waals surface area contributed by atoms with Gasteiger partial charge in [-0.25, -0.2) is 5.06 Å². The van der Waals surface area contributed by atoms with E-state index in [1.165, 1.54) is 5.06 Å². The lowest BCUT2D eigenvalue weighted by molar-refractivity contribution is -0.168. The van der Waals surface area contributed by atoms with Crippen LogP contribution in [0.3, 0.4) is 0 Å². The number of hydrogen-bond donors (Lipinski definition) is 2. The van der Waals surface area contributed by atoms with Crippen LogP contribution in [0, 0.1) is 0 Å². The highest BCUT2D eigenvalue weighted by Gasteiger charge is 2.25. The molecule has 0 bridgehead atoms. The van der Waals surface area contributed by atoms with E-state index < -0.39 is 0 Å². The van der Waals surface area contributed by atoms with Crippen LogP contribution < -0.4 is 0 Å². The van der Waals surface area contributed by atoms with Crippen LogP contribution in [0.4, 0.5) is 0 Å². The molecule has 1 heterocycles. The SMILES string of the molecule is O=C(CC(c1ccc(O)cc1)c1cccc(O)c1)N1CCCO1. The number of phenols is 2. The van der Waals surface area contributed by atoms with Crippen LogP contribution in [0.2, 0.25) is 0 Å². The predicted molar refractivity (Wildman–Crippen MR) is 85.0 cm³/mol. The van der Waals surface area contributed by atoms with Gasteiger partial charge in [0.2, 0.25) is 5.91 Å². The van der Waals surface area contributed by atoms with Gasteiger partial charge < -0.3 is 10.2 Å². The van der Waals surface area contributed by atoms with Crippen LogP contribution in [0.15, 0.2) is 48.5 Å².